The summed E-state index contributed by atoms with van der Waals surface area (Å²) in [6, 6.07) is 21.0. The molecule has 1 spiro atoms. The van der Waals surface area contributed by atoms with Crippen molar-refractivity contribution in [3.8, 4) is 5.75 Å². The molecule has 0 radical (unpaired) electrons. The highest BCUT2D eigenvalue weighted by Gasteiger charge is 2.55. The van der Waals surface area contributed by atoms with E-state index in [0.717, 1.165) is 57.5 Å². The fourth-order valence-corrected chi connectivity index (χ4v) is 6.22. The van der Waals surface area contributed by atoms with Crippen LogP contribution < -0.4 is 10.1 Å². The minimum Gasteiger partial charge on any atom is -0.497 e. The highest BCUT2D eigenvalue weighted by Crippen LogP contribution is 2.39. The third kappa shape index (κ3) is 4.33. The molecule has 8 nitrogen and oxygen atoms in total. The Labute approximate surface area is 227 Å². The lowest BCUT2D eigenvalue weighted by atomic mass is 9.73. The van der Waals surface area contributed by atoms with Gasteiger partial charge in [0.2, 0.25) is 0 Å². The normalized spacial score (nSPS) is 24.8. The number of methoxy groups -OCH3 is 1. The molecule has 3 unspecified atom stereocenters. The molecule has 3 aromatic carbocycles. The van der Waals surface area contributed by atoms with Crippen LogP contribution in [0.1, 0.15) is 56.2 Å². The highest BCUT2D eigenvalue weighted by molar-refractivity contribution is 6.10. The largest absolute Gasteiger partial charge is 0.497 e. The van der Waals surface area contributed by atoms with Crippen LogP contribution in [0.2, 0.25) is 0 Å². The van der Waals surface area contributed by atoms with Crippen LogP contribution in [-0.2, 0) is 9.59 Å². The zero-order valence-corrected chi connectivity index (χ0v) is 22.2. The molecule has 4 amide bonds. The van der Waals surface area contributed by atoms with Crippen LogP contribution in [-0.4, -0.2) is 52.7 Å². The molecule has 8 heteroatoms. The molecule has 2 heterocycles. The third-order valence-corrected chi connectivity index (χ3v) is 8.54. The number of amides is 4. The molecule has 3 aliphatic rings. The molecule has 0 bridgehead atoms. The Morgan fingerprint density at radius 3 is 2.56 bits per heavy atom. The number of rotatable bonds is 5. The average Bonchev–Trinajstić information content (AvgIpc) is 3.51. The second-order valence-corrected chi connectivity index (χ2v) is 10.8. The number of hydrogen-bond acceptors (Lipinski definition) is 5. The van der Waals surface area contributed by atoms with Gasteiger partial charge in [-0.2, -0.15) is 5.10 Å². The van der Waals surface area contributed by atoms with Gasteiger partial charge in [0.15, 0.2) is 0 Å². The fraction of sp³-hybridized carbons (Fsp3) is 0.355. The number of fused-ring (bicyclic) bond motifs is 1. The Morgan fingerprint density at radius 2 is 1.82 bits per heavy atom. The van der Waals surface area contributed by atoms with Gasteiger partial charge in [0, 0.05) is 6.42 Å². The molecule has 3 atom stereocenters. The van der Waals surface area contributed by atoms with Crippen molar-refractivity contribution >= 4 is 34.3 Å². The number of imide groups is 1. The second kappa shape index (κ2) is 9.84. The van der Waals surface area contributed by atoms with Gasteiger partial charge in [-0.1, -0.05) is 68.3 Å². The standard InChI is InChI=1S/C31H32N4O4/c1-20-7-5-6-16-31(20)29(37)34(30(38)32-31)19-28(36)35-27(22-12-14-25(39-2)15-13-22)18-26(33-35)24-11-10-21-8-3-4-9-23(21)17-24/h3-4,8-15,17,20,27H,5-7,16,18-19H2,1-2H3,(H,32,38). The predicted molar refractivity (Wildman–Crippen MR) is 148 cm³/mol. The number of nitrogens with one attached hydrogen (secondary N) is 1. The fourth-order valence-electron chi connectivity index (χ4n) is 6.22. The molecular weight excluding hydrogens is 492 g/mol. The number of hydrogen-bond donors (Lipinski definition) is 1. The Balaban J connectivity index is 1.31. The lowest BCUT2D eigenvalue weighted by Crippen LogP contribution is -2.54. The summed E-state index contributed by atoms with van der Waals surface area (Å²) >= 11 is 0. The number of carbonyl (C=O) groups excluding carboxylic acids is 3. The lowest BCUT2D eigenvalue weighted by molar-refractivity contribution is -0.141. The maximum absolute atomic E-state index is 13.8. The molecule has 1 N–H and O–H groups in total. The average molecular weight is 525 g/mol. The zero-order valence-electron chi connectivity index (χ0n) is 22.2. The molecule has 2 aliphatic heterocycles. The van der Waals surface area contributed by atoms with Crippen molar-refractivity contribution in [2.45, 2.75) is 50.6 Å². The summed E-state index contributed by atoms with van der Waals surface area (Å²) in [5.41, 5.74) is 1.71. The number of nitrogens with zero attached hydrogens (tertiary/aromatic N) is 3. The number of hydrazone groups is 1. The number of urea groups is 1. The molecule has 0 aromatic heterocycles. The SMILES string of the molecule is COc1ccc(C2CC(c3ccc4ccccc4c3)=NN2C(=O)CN2C(=O)NC3(CCCCC3C)C2=O)cc1. The van der Waals surface area contributed by atoms with Crippen molar-refractivity contribution in [1.29, 1.82) is 0 Å². The van der Waals surface area contributed by atoms with Gasteiger partial charge in [-0.3, -0.25) is 14.5 Å². The van der Waals surface area contributed by atoms with Crippen molar-refractivity contribution in [3.05, 3.63) is 77.9 Å². The van der Waals surface area contributed by atoms with Crippen molar-refractivity contribution in [3.63, 3.8) is 0 Å². The first-order valence-corrected chi connectivity index (χ1v) is 13.6. The van der Waals surface area contributed by atoms with E-state index >= 15 is 0 Å². The van der Waals surface area contributed by atoms with Gasteiger partial charge in [0.25, 0.3) is 11.8 Å². The van der Waals surface area contributed by atoms with Crippen molar-refractivity contribution in [2.75, 3.05) is 13.7 Å². The van der Waals surface area contributed by atoms with E-state index < -0.39 is 17.5 Å². The molecular formula is C31H32N4O4. The smallest absolute Gasteiger partial charge is 0.325 e. The summed E-state index contributed by atoms with van der Waals surface area (Å²) in [4.78, 5) is 41.3. The van der Waals surface area contributed by atoms with Crippen LogP contribution in [0.4, 0.5) is 4.79 Å². The van der Waals surface area contributed by atoms with Crippen molar-refractivity contribution in [2.24, 2.45) is 11.0 Å². The summed E-state index contributed by atoms with van der Waals surface area (Å²) in [5, 5.41) is 11.4. The predicted octanol–water partition coefficient (Wildman–Crippen LogP) is 5.03. The van der Waals surface area contributed by atoms with E-state index in [2.05, 4.69) is 29.6 Å². The Bertz CT molecular complexity index is 1480. The van der Waals surface area contributed by atoms with Crippen LogP contribution in [0.5, 0.6) is 5.75 Å². The van der Waals surface area contributed by atoms with E-state index in [0.29, 0.717) is 12.8 Å². The molecule has 6 rings (SSSR count). The number of carbonyl (C=O) groups is 3. The van der Waals surface area contributed by atoms with Gasteiger partial charge in [-0.05, 0) is 58.9 Å². The van der Waals surface area contributed by atoms with Gasteiger partial charge >= 0.3 is 6.03 Å². The van der Waals surface area contributed by atoms with E-state index in [4.69, 9.17) is 9.84 Å². The Kier molecular flexibility index (Phi) is 6.33. The minimum atomic E-state index is -0.907. The molecule has 3 aromatic rings. The van der Waals surface area contributed by atoms with E-state index in [1.807, 2.05) is 49.4 Å². The van der Waals surface area contributed by atoms with E-state index in [9.17, 15) is 14.4 Å². The second-order valence-electron chi connectivity index (χ2n) is 10.8. The molecule has 39 heavy (non-hydrogen) atoms. The summed E-state index contributed by atoms with van der Waals surface area (Å²) in [6.07, 6.45) is 3.90. The first-order valence-electron chi connectivity index (χ1n) is 13.6. The van der Waals surface area contributed by atoms with Crippen LogP contribution in [0.3, 0.4) is 0 Å². The van der Waals surface area contributed by atoms with Gasteiger partial charge in [-0.25, -0.2) is 9.80 Å². The zero-order chi connectivity index (χ0) is 27.1. The Hall–Kier alpha value is -4.20. The van der Waals surface area contributed by atoms with Gasteiger partial charge < -0.3 is 10.1 Å². The van der Waals surface area contributed by atoms with Gasteiger partial charge in [0.1, 0.15) is 17.8 Å². The van der Waals surface area contributed by atoms with E-state index in [1.165, 1.54) is 5.01 Å². The molecule has 2 fully saturated rings. The van der Waals surface area contributed by atoms with E-state index in [-0.39, 0.29) is 24.4 Å². The molecule has 1 saturated carbocycles. The monoisotopic (exact) mass is 524 g/mol. The number of benzene rings is 3. The van der Waals surface area contributed by atoms with Gasteiger partial charge in [-0.15, -0.1) is 0 Å². The van der Waals surface area contributed by atoms with E-state index in [1.54, 1.807) is 7.11 Å². The third-order valence-electron chi connectivity index (χ3n) is 8.54. The van der Waals surface area contributed by atoms with Crippen molar-refractivity contribution in [1.82, 2.24) is 15.2 Å². The van der Waals surface area contributed by atoms with Crippen LogP contribution in [0.25, 0.3) is 10.8 Å². The maximum atomic E-state index is 13.8. The first kappa shape index (κ1) is 25.1. The Morgan fingerprint density at radius 1 is 1.05 bits per heavy atom. The summed E-state index contributed by atoms with van der Waals surface area (Å²) in [7, 11) is 1.61. The lowest BCUT2D eigenvalue weighted by Gasteiger charge is -2.36. The molecule has 1 aliphatic carbocycles. The van der Waals surface area contributed by atoms with Gasteiger partial charge in [0.05, 0.1) is 18.9 Å². The molecule has 200 valence electrons. The summed E-state index contributed by atoms with van der Waals surface area (Å²) in [6.45, 7) is 1.66. The van der Waals surface area contributed by atoms with Crippen LogP contribution in [0, 0.1) is 5.92 Å². The summed E-state index contributed by atoms with van der Waals surface area (Å²) in [5.74, 6) is 0.0540. The first-order chi connectivity index (χ1) is 18.9. The maximum Gasteiger partial charge on any atom is 0.325 e. The highest BCUT2D eigenvalue weighted by atomic mass is 16.5. The topological polar surface area (TPSA) is 91.3 Å². The minimum absolute atomic E-state index is 0.0270. The number of ether oxygens (including phenoxy) is 1. The quantitative estimate of drug-likeness (QED) is 0.474. The van der Waals surface area contributed by atoms with Crippen LogP contribution >= 0.6 is 0 Å². The van der Waals surface area contributed by atoms with Crippen molar-refractivity contribution < 1.29 is 19.1 Å². The summed E-state index contributed by atoms with van der Waals surface area (Å²) < 4.78 is 5.32. The molecule has 1 saturated heterocycles. The van der Waals surface area contributed by atoms with Crippen LogP contribution in [0.15, 0.2) is 71.8 Å².